The van der Waals surface area contributed by atoms with E-state index < -0.39 is 0 Å². The monoisotopic (exact) mass is 289 g/mol. The standard InChI is InChI=1S/C16H19NO2S/c1-4-12-13(11-8-6-10(3)7-9-11)14(15(17)20-12)16(18)19-5-2/h6-9H,4-5,17H2,1-3H3. The summed E-state index contributed by atoms with van der Waals surface area (Å²) in [5.74, 6) is -0.337. The van der Waals surface area contributed by atoms with Crippen LogP contribution >= 0.6 is 11.3 Å². The molecule has 0 aliphatic carbocycles. The third-order valence-corrected chi connectivity index (χ3v) is 4.31. The summed E-state index contributed by atoms with van der Waals surface area (Å²) < 4.78 is 5.14. The highest BCUT2D eigenvalue weighted by Gasteiger charge is 2.23. The molecule has 0 spiro atoms. The molecule has 3 nitrogen and oxygen atoms in total. The van der Waals surface area contributed by atoms with Crippen LogP contribution in [0.15, 0.2) is 24.3 Å². The van der Waals surface area contributed by atoms with Crippen LogP contribution in [0.4, 0.5) is 5.00 Å². The third-order valence-electron chi connectivity index (χ3n) is 3.15. The Morgan fingerprint density at radius 1 is 1.25 bits per heavy atom. The van der Waals surface area contributed by atoms with E-state index >= 15 is 0 Å². The van der Waals surface area contributed by atoms with Gasteiger partial charge in [0.25, 0.3) is 0 Å². The van der Waals surface area contributed by atoms with Crippen LogP contribution in [0.2, 0.25) is 0 Å². The number of aryl methyl sites for hydroxylation is 2. The molecule has 0 amide bonds. The van der Waals surface area contributed by atoms with Crippen LogP contribution in [0.3, 0.4) is 0 Å². The Kier molecular flexibility index (Phi) is 4.45. The van der Waals surface area contributed by atoms with E-state index in [2.05, 4.69) is 6.92 Å². The second-order valence-electron chi connectivity index (χ2n) is 4.58. The minimum Gasteiger partial charge on any atom is -0.462 e. The average molecular weight is 289 g/mol. The zero-order valence-corrected chi connectivity index (χ0v) is 12.8. The van der Waals surface area contributed by atoms with Crippen molar-refractivity contribution >= 4 is 22.3 Å². The lowest BCUT2D eigenvalue weighted by Crippen LogP contribution is -2.07. The van der Waals surface area contributed by atoms with Crippen LogP contribution in [-0.4, -0.2) is 12.6 Å². The molecular weight excluding hydrogens is 270 g/mol. The lowest BCUT2D eigenvalue weighted by Gasteiger charge is -2.08. The Morgan fingerprint density at radius 3 is 2.45 bits per heavy atom. The molecule has 106 valence electrons. The van der Waals surface area contributed by atoms with Gasteiger partial charge in [-0.15, -0.1) is 11.3 Å². The predicted octanol–water partition coefficient (Wildman–Crippen LogP) is 4.04. The highest BCUT2D eigenvalue weighted by Crippen LogP contribution is 2.39. The molecule has 0 bridgehead atoms. The molecule has 20 heavy (non-hydrogen) atoms. The summed E-state index contributed by atoms with van der Waals surface area (Å²) >= 11 is 1.47. The fourth-order valence-corrected chi connectivity index (χ4v) is 3.20. The van der Waals surface area contributed by atoms with E-state index in [1.807, 2.05) is 31.2 Å². The summed E-state index contributed by atoms with van der Waals surface area (Å²) in [6, 6.07) is 8.13. The SMILES string of the molecule is CCOC(=O)c1c(N)sc(CC)c1-c1ccc(C)cc1. The minimum atomic E-state index is -0.337. The number of rotatable bonds is 4. The number of ether oxygens (including phenoxy) is 1. The van der Waals surface area contributed by atoms with Gasteiger partial charge < -0.3 is 10.5 Å². The molecule has 0 aliphatic rings. The Morgan fingerprint density at radius 2 is 1.90 bits per heavy atom. The summed E-state index contributed by atoms with van der Waals surface area (Å²) in [5.41, 5.74) is 9.67. The fraction of sp³-hybridized carbons (Fsp3) is 0.312. The van der Waals surface area contributed by atoms with Crippen LogP contribution in [0, 0.1) is 6.92 Å². The second kappa shape index (κ2) is 6.09. The van der Waals surface area contributed by atoms with Crippen molar-refractivity contribution in [2.75, 3.05) is 12.3 Å². The summed E-state index contributed by atoms with van der Waals surface area (Å²) in [6.45, 7) is 6.26. The zero-order chi connectivity index (χ0) is 14.7. The molecule has 1 heterocycles. The number of anilines is 1. The summed E-state index contributed by atoms with van der Waals surface area (Å²) in [7, 11) is 0. The molecular formula is C16H19NO2S. The van der Waals surface area contributed by atoms with Crippen LogP contribution in [0.25, 0.3) is 11.1 Å². The molecule has 0 saturated heterocycles. The largest absolute Gasteiger partial charge is 0.462 e. The Bertz CT molecular complexity index is 614. The first-order valence-corrected chi connectivity index (χ1v) is 7.55. The predicted molar refractivity (Wildman–Crippen MR) is 84.2 cm³/mol. The number of carbonyl (C=O) groups excluding carboxylic acids is 1. The number of benzene rings is 1. The van der Waals surface area contributed by atoms with Gasteiger partial charge in [-0.05, 0) is 25.8 Å². The third kappa shape index (κ3) is 2.70. The normalized spacial score (nSPS) is 10.6. The van der Waals surface area contributed by atoms with Gasteiger partial charge in [0.05, 0.1) is 6.61 Å². The first kappa shape index (κ1) is 14.6. The van der Waals surface area contributed by atoms with Crippen molar-refractivity contribution in [2.24, 2.45) is 0 Å². The summed E-state index contributed by atoms with van der Waals surface area (Å²) in [5, 5.41) is 0.538. The Balaban J connectivity index is 2.60. The van der Waals surface area contributed by atoms with Gasteiger partial charge in [0.15, 0.2) is 0 Å². The number of hydrogen-bond acceptors (Lipinski definition) is 4. The van der Waals surface area contributed by atoms with Gasteiger partial charge in [-0.1, -0.05) is 36.8 Å². The first-order chi connectivity index (χ1) is 9.58. The van der Waals surface area contributed by atoms with Gasteiger partial charge in [-0.25, -0.2) is 4.79 Å². The van der Waals surface area contributed by atoms with Crippen molar-refractivity contribution in [1.29, 1.82) is 0 Å². The fourth-order valence-electron chi connectivity index (χ4n) is 2.18. The molecule has 0 aliphatic heterocycles. The number of hydrogen-bond donors (Lipinski definition) is 1. The van der Waals surface area contributed by atoms with Crippen molar-refractivity contribution in [1.82, 2.24) is 0 Å². The van der Waals surface area contributed by atoms with Crippen molar-refractivity contribution < 1.29 is 9.53 Å². The molecule has 2 aromatic rings. The van der Waals surface area contributed by atoms with Gasteiger partial charge in [-0.2, -0.15) is 0 Å². The topological polar surface area (TPSA) is 52.3 Å². The molecule has 0 radical (unpaired) electrons. The number of thiophene rings is 1. The van der Waals surface area contributed by atoms with E-state index in [9.17, 15) is 4.79 Å². The maximum Gasteiger partial charge on any atom is 0.341 e. The van der Waals surface area contributed by atoms with E-state index in [-0.39, 0.29) is 5.97 Å². The van der Waals surface area contributed by atoms with Gasteiger partial charge in [0.1, 0.15) is 10.6 Å². The number of nitrogens with two attached hydrogens (primary N) is 1. The van der Waals surface area contributed by atoms with E-state index in [0.717, 1.165) is 22.4 Å². The van der Waals surface area contributed by atoms with Crippen LogP contribution in [0.1, 0.15) is 34.6 Å². The quantitative estimate of drug-likeness (QED) is 0.864. The Labute approximate surface area is 123 Å². The van der Waals surface area contributed by atoms with Crippen molar-refractivity contribution in [3.05, 3.63) is 40.3 Å². The van der Waals surface area contributed by atoms with Crippen LogP contribution in [0.5, 0.6) is 0 Å². The lowest BCUT2D eigenvalue weighted by atomic mass is 9.99. The molecule has 4 heteroatoms. The number of nitrogen functional groups attached to an aromatic ring is 1. The maximum atomic E-state index is 12.2. The van der Waals surface area contributed by atoms with Gasteiger partial charge in [0.2, 0.25) is 0 Å². The average Bonchev–Trinajstić information content (AvgIpc) is 2.76. The van der Waals surface area contributed by atoms with Gasteiger partial charge in [-0.3, -0.25) is 0 Å². The van der Waals surface area contributed by atoms with Crippen molar-refractivity contribution in [3.8, 4) is 11.1 Å². The smallest absolute Gasteiger partial charge is 0.341 e. The van der Waals surface area contributed by atoms with Crippen molar-refractivity contribution in [3.63, 3.8) is 0 Å². The number of carbonyl (C=O) groups is 1. The van der Waals surface area contributed by atoms with Gasteiger partial charge in [0, 0.05) is 10.4 Å². The van der Waals surface area contributed by atoms with E-state index in [0.29, 0.717) is 17.2 Å². The van der Waals surface area contributed by atoms with Crippen LogP contribution < -0.4 is 5.73 Å². The lowest BCUT2D eigenvalue weighted by molar-refractivity contribution is 0.0529. The molecule has 2 N–H and O–H groups in total. The van der Waals surface area contributed by atoms with Gasteiger partial charge >= 0.3 is 5.97 Å². The molecule has 1 aromatic heterocycles. The summed E-state index contributed by atoms with van der Waals surface area (Å²) in [4.78, 5) is 13.3. The Hall–Kier alpha value is -1.81. The van der Waals surface area contributed by atoms with E-state index in [4.69, 9.17) is 10.5 Å². The van der Waals surface area contributed by atoms with E-state index in [1.54, 1.807) is 6.92 Å². The maximum absolute atomic E-state index is 12.2. The molecule has 0 atom stereocenters. The molecule has 0 unspecified atom stereocenters. The van der Waals surface area contributed by atoms with Crippen LogP contribution in [-0.2, 0) is 11.2 Å². The molecule has 0 fully saturated rings. The second-order valence-corrected chi connectivity index (χ2v) is 5.72. The first-order valence-electron chi connectivity index (χ1n) is 6.73. The summed E-state index contributed by atoms with van der Waals surface area (Å²) in [6.07, 6.45) is 0.845. The number of esters is 1. The molecule has 1 aromatic carbocycles. The minimum absolute atomic E-state index is 0.337. The molecule has 0 saturated carbocycles. The van der Waals surface area contributed by atoms with Crippen molar-refractivity contribution in [2.45, 2.75) is 27.2 Å². The molecule has 2 rings (SSSR count). The van der Waals surface area contributed by atoms with E-state index in [1.165, 1.54) is 16.9 Å². The zero-order valence-electron chi connectivity index (χ0n) is 12.0. The highest BCUT2D eigenvalue weighted by molar-refractivity contribution is 7.17. The highest BCUT2D eigenvalue weighted by atomic mass is 32.1.